The molecular weight excluding hydrogens is 402 g/mol. The summed E-state index contributed by atoms with van der Waals surface area (Å²) in [5.74, 6) is -4.06. The molecular formula is C20H15F4N5O. The molecule has 4 rings (SSSR count). The Labute approximate surface area is 168 Å². The summed E-state index contributed by atoms with van der Waals surface area (Å²) >= 11 is 0. The molecule has 0 radical (unpaired) electrons. The van der Waals surface area contributed by atoms with Crippen molar-refractivity contribution in [1.29, 1.82) is 0 Å². The van der Waals surface area contributed by atoms with Crippen molar-refractivity contribution in [3.05, 3.63) is 71.3 Å². The van der Waals surface area contributed by atoms with Crippen LogP contribution in [0.15, 0.2) is 47.5 Å². The molecule has 3 aromatic rings. The Morgan fingerprint density at radius 1 is 1.00 bits per heavy atom. The molecule has 6 nitrogen and oxygen atoms in total. The lowest BCUT2D eigenvalue weighted by Crippen LogP contribution is -2.36. The van der Waals surface area contributed by atoms with Gasteiger partial charge >= 0.3 is 0 Å². The van der Waals surface area contributed by atoms with Gasteiger partial charge in [0.05, 0.1) is 11.7 Å². The Kier molecular flexibility index (Phi) is 5.21. The van der Waals surface area contributed by atoms with Crippen molar-refractivity contribution in [2.24, 2.45) is 4.99 Å². The first-order valence-electron chi connectivity index (χ1n) is 9.00. The quantitative estimate of drug-likeness (QED) is 0.341. The molecule has 1 aliphatic rings. The fraction of sp³-hybridized carbons (Fsp3) is 0.150. The molecule has 0 bridgehead atoms. The van der Waals surface area contributed by atoms with Gasteiger partial charge in [0.25, 0.3) is 5.91 Å². The highest BCUT2D eigenvalue weighted by Crippen LogP contribution is 2.25. The van der Waals surface area contributed by atoms with E-state index in [4.69, 9.17) is 0 Å². The number of halogens is 4. The highest BCUT2D eigenvalue weighted by atomic mass is 19.2. The number of benzene rings is 2. The van der Waals surface area contributed by atoms with Crippen LogP contribution in [0.2, 0.25) is 0 Å². The van der Waals surface area contributed by atoms with E-state index in [0.717, 1.165) is 49.2 Å². The van der Waals surface area contributed by atoms with Crippen molar-refractivity contribution >= 4 is 17.7 Å². The summed E-state index contributed by atoms with van der Waals surface area (Å²) < 4.78 is 53.3. The van der Waals surface area contributed by atoms with E-state index < -0.39 is 29.2 Å². The van der Waals surface area contributed by atoms with E-state index in [9.17, 15) is 22.4 Å². The Morgan fingerprint density at radius 2 is 1.73 bits per heavy atom. The van der Waals surface area contributed by atoms with Crippen molar-refractivity contribution in [2.75, 3.05) is 5.32 Å². The van der Waals surface area contributed by atoms with Crippen molar-refractivity contribution < 1.29 is 22.4 Å². The van der Waals surface area contributed by atoms with Crippen molar-refractivity contribution in [2.45, 2.75) is 18.9 Å². The van der Waals surface area contributed by atoms with Gasteiger partial charge in [-0.15, -0.1) is 0 Å². The average Bonchev–Trinajstić information content (AvgIpc) is 3.37. The molecule has 1 fully saturated rings. The lowest BCUT2D eigenvalue weighted by molar-refractivity contribution is 0.0976. The van der Waals surface area contributed by atoms with Gasteiger partial charge in [-0.25, -0.2) is 22.6 Å². The summed E-state index contributed by atoms with van der Waals surface area (Å²) in [5, 5.41) is 12.0. The maximum absolute atomic E-state index is 13.4. The van der Waals surface area contributed by atoms with Gasteiger partial charge in [-0.2, -0.15) is 5.10 Å². The first-order chi connectivity index (χ1) is 14.4. The minimum Gasteiger partial charge on any atom is -0.309 e. The molecule has 3 N–H and O–H groups in total. The molecule has 30 heavy (non-hydrogen) atoms. The van der Waals surface area contributed by atoms with Crippen molar-refractivity contribution in [1.82, 2.24) is 15.5 Å². The molecule has 2 aromatic carbocycles. The summed E-state index contributed by atoms with van der Waals surface area (Å²) in [4.78, 5) is 16.7. The van der Waals surface area contributed by atoms with Crippen molar-refractivity contribution in [3.63, 3.8) is 0 Å². The van der Waals surface area contributed by atoms with Gasteiger partial charge < -0.3 is 5.32 Å². The number of carbonyl (C=O) groups is 1. The Morgan fingerprint density at radius 3 is 2.40 bits per heavy atom. The predicted molar refractivity (Wildman–Crippen MR) is 102 cm³/mol. The van der Waals surface area contributed by atoms with E-state index in [2.05, 4.69) is 25.8 Å². The van der Waals surface area contributed by atoms with Crippen LogP contribution < -0.4 is 10.6 Å². The molecule has 154 valence electrons. The smallest absolute Gasteiger partial charge is 0.258 e. The molecule has 0 atom stereocenters. The number of guanidine groups is 1. The second-order valence-corrected chi connectivity index (χ2v) is 6.74. The van der Waals surface area contributed by atoms with Crippen LogP contribution in [0.1, 0.15) is 23.2 Å². The Bertz CT molecular complexity index is 1120. The van der Waals surface area contributed by atoms with E-state index in [0.29, 0.717) is 5.69 Å². The first-order valence-corrected chi connectivity index (χ1v) is 9.00. The van der Waals surface area contributed by atoms with E-state index >= 15 is 0 Å². The zero-order chi connectivity index (χ0) is 21.3. The number of hydrogen-bond donors (Lipinski definition) is 3. The SMILES string of the molecule is O=C(NC(=NC1CC1)Nc1cc(-c2cc(F)cc(F)c2)[nH]n1)c1ccc(F)c(F)c1. The van der Waals surface area contributed by atoms with Crippen LogP contribution in [0.3, 0.4) is 0 Å². The fourth-order valence-corrected chi connectivity index (χ4v) is 2.66. The van der Waals surface area contributed by atoms with Crippen LogP contribution in [-0.2, 0) is 0 Å². The van der Waals surface area contributed by atoms with Crippen molar-refractivity contribution in [3.8, 4) is 11.3 Å². The van der Waals surface area contributed by atoms with Crippen LogP contribution in [0.4, 0.5) is 23.4 Å². The number of amides is 1. The summed E-state index contributed by atoms with van der Waals surface area (Å²) in [6, 6.07) is 7.34. The summed E-state index contributed by atoms with van der Waals surface area (Å²) in [6.07, 6.45) is 1.70. The van der Waals surface area contributed by atoms with Gasteiger partial charge in [-0.1, -0.05) is 0 Å². The predicted octanol–water partition coefficient (Wildman–Crippen LogP) is 3.99. The highest BCUT2D eigenvalue weighted by Gasteiger charge is 2.22. The molecule has 10 heteroatoms. The summed E-state index contributed by atoms with van der Waals surface area (Å²) in [6.45, 7) is 0. The molecule has 1 aliphatic carbocycles. The second kappa shape index (κ2) is 7.97. The number of aromatic amines is 1. The summed E-state index contributed by atoms with van der Waals surface area (Å²) in [5.41, 5.74) is 0.505. The van der Waals surface area contributed by atoms with E-state index in [1.165, 1.54) is 6.07 Å². The van der Waals surface area contributed by atoms with Gasteiger partial charge in [0.15, 0.2) is 17.5 Å². The maximum Gasteiger partial charge on any atom is 0.258 e. The minimum absolute atomic E-state index is 0.0217. The molecule has 0 aliphatic heterocycles. The standard InChI is InChI=1S/C20H15F4N5O/c21-12-5-11(6-13(22)8-12)17-9-18(29-28-17)26-20(25-14-2-3-14)27-19(30)10-1-4-15(23)16(24)7-10/h1,4-9,14H,2-3H2,(H3,25,26,27,28,29,30). The molecule has 0 unspecified atom stereocenters. The van der Waals surface area contributed by atoms with E-state index in [1.54, 1.807) is 0 Å². The number of aliphatic imine (C=N–C) groups is 1. The van der Waals surface area contributed by atoms with Gasteiger partial charge in [0, 0.05) is 23.3 Å². The van der Waals surface area contributed by atoms with Crippen LogP contribution in [0, 0.1) is 23.3 Å². The van der Waals surface area contributed by atoms with Crippen LogP contribution in [0.5, 0.6) is 0 Å². The zero-order valence-corrected chi connectivity index (χ0v) is 15.3. The number of nitrogens with zero attached hydrogens (tertiary/aromatic N) is 2. The molecule has 1 saturated carbocycles. The van der Waals surface area contributed by atoms with E-state index in [-0.39, 0.29) is 28.9 Å². The van der Waals surface area contributed by atoms with Crippen LogP contribution >= 0.6 is 0 Å². The third-order valence-electron chi connectivity index (χ3n) is 4.27. The number of H-pyrrole nitrogens is 1. The van der Waals surface area contributed by atoms with Crippen LogP contribution in [0.25, 0.3) is 11.3 Å². The van der Waals surface area contributed by atoms with Gasteiger partial charge in [-0.3, -0.25) is 15.2 Å². The third kappa shape index (κ3) is 4.65. The highest BCUT2D eigenvalue weighted by molar-refractivity contribution is 6.09. The molecule has 0 spiro atoms. The van der Waals surface area contributed by atoms with E-state index in [1.807, 2.05) is 0 Å². The summed E-state index contributed by atoms with van der Waals surface area (Å²) in [7, 11) is 0. The van der Waals surface area contributed by atoms with Crippen LogP contribution in [-0.4, -0.2) is 28.1 Å². The molecule has 1 aromatic heterocycles. The van der Waals surface area contributed by atoms with Gasteiger partial charge in [0.1, 0.15) is 11.6 Å². The van der Waals surface area contributed by atoms with Gasteiger partial charge in [0.2, 0.25) is 5.96 Å². The lowest BCUT2D eigenvalue weighted by atomic mass is 10.1. The largest absolute Gasteiger partial charge is 0.309 e. The zero-order valence-electron chi connectivity index (χ0n) is 15.3. The molecule has 1 amide bonds. The third-order valence-corrected chi connectivity index (χ3v) is 4.27. The topological polar surface area (TPSA) is 82.2 Å². The number of rotatable bonds is 4. The number of anilines is 1. The molecule has 0 saturated heterocycles. The Balaban J connectivity index is 1.52. The number of hydrogen-bond acceptors (Lipinski definition) is 3. The number of aromatic nitrogens is 2. The number of nitrogens with one attached hydrogen (secondary N) is 3. The lowest BCUT2D eigenvalue weighted by Gasteiger charge is -2.10. The average molecular weight is 417 g/mol. The molecule has 1 heterocycles. The second-order valence-electron chi connectivity index (χ2n) is 6.74. The fourth-order valence-electron chi connectivity index (χ4n) is 2.66. The maximum atomic E-state index is 13.4. The number of carbonyl (C=O) groups excluding carboxylic acids is 1. The minimum atomic E-state index is -1.14. The van der Waals surface area contributed by atoms with Gasteiger partial charge in [-0.05, 0) is 43.2 Å². The first kappa shape index (κ1) is 19.6. The monoisotopic (exact) mass is 417 g/mol. The Hall–Kier alpha value is -3.69. The normalized spacial score (nSPS) is 13.9.